The minimum Gasteiger partial charge on any atom is -0.496 e. The molecule has 1 aromatic carbocycles. The third-order valence-corrected chi connectivity index (χ3v) is 6.00. The molecular weight excluding hydrogens is 306 g/mol. The number of carbonyl (C=O) groups is 1. The van der Waals surface area contributed by atoms with Crippen LogP contribution in [0.1, 0.15) is 43.0 Å². The van der Waals surface area contributed by atoms with Gasteiger partial charge in [-0.15, -0.1) is 0 Å². The molecule has 1 heterocycles. The normalized spacial score (nSPS) is 19.8. The molecule has 1 saturated heterocycles. The Labute approximate surface area is 130 Å². The monoisotopic (exact) mass is 327 g/mol. The minimum absolute atomic E-state index is 0.00560. The molecule has 7 heteroatoms. The van der Waals surface area contributed by atoms with Crippen LogP contribution in [-0.2, 0) is 10.0 Å². The smallest absolute Gasteiger partial charge is 0.339 e. The number of benzene rings is 1. The lowest BCUT2D eigenvalue weighted by Gasteiger charge is -2.34. The first kappa shape index (κ1) is 16.8. The van der Waals surface area contributed by atoms with Crippen molar-refractivity contribution in [3.63, 3.8) is 0 Å². The summed E-state index contributed by atoms with van der Waals surface area (Å²) in [5.41, 5.74) is -0.145. The standard InChI is InChI=1S/C15H21NO5S/c1-3-11-6-4-5-9-16(11)22(19,20)12-7-8-14(21-2)13(10-12)15(17)18/h7-8,10-11H,3-6,9H2,1-2H3,(H,17,18). The van der Waals surface area contributed by atoms with E-state index in [1.165, 1.54) is 29.6 Å². The number of carboxylic acids is 1. The van der Waals surface area contributed by atoms with Gasteiger partial charge in [0.25, 0.3) is 0 Å². The van der Waals surface area contributed by atoms with E-state index in [4.69, 9.17) is 4.74 Å². The lowest BCUT2D eigenvalue weighted by Crippen LogP contribution is -2.43. The van der Waals surface area contributed by atoms with E-state index < -0.39 is 16.0 Å². The maximum Gasteiger partial charge on any atom is 0.339 e. The van der Waals surface area contributed by atoms with E-state index in [0.29, 0.717) is 6.54 Å². The average Bonchev–Trinajstić information content (AvgIpc) is 2.53. The van der Waals surface area contributed by atoms with E-state index in [9.17, 15) is 18.3 Å². The number of aromatic carboxylic acids is 1. The van der Waals surface area contributed by atoms with E-state index in [0.717, 1.165) is 25.7 Å². The van der Waals surface area contributed by atoms with Crippen LogP contribution < -0.4 is 4.74 Å². The third-order valence-electron chi connectivity index (χ3n) is 4.05. The summed E-state index contributed by atoms with van der Waals surface area (Å²) in [5, 5.41) is 9.21. The maximum atomic E-state index is 12.8. The maximum absolute atomic E-state index is 12.8. The van der Waals surface area contributed by atoms with Crippen LogP contribution >= 0.6 is 0 Å². The van der Waals surface area contributed by atoms with Gasteiger partial charge in [-0.05, 0) is 37.5 Å². The largest absolute Gasteiger partial charge is 0.496 e. The Morgan fingerprint density at radius 2 is 2.14 bits per heavy atom. The number of hydrogen-bond acceptors (Lipinski definition) is 4. The van der Waals surface area contributed by atoms with Crippen LogP contribution in [0.3, 0.4) is 0 Å². The minimum atomic E-state index is -3.69. The molecule has 22 heavy (non-hydrogen) atoms. The highest BCUT2D eigenvalue weighted by Crippen LogP contribution is 2.29. The van der Waals surface area contributed by atoms with Crippen LogP contribution in [0.4, 0.5) is 0 Å². The number of nitrogens with zero attached hydrogens (tertiary/aromatic N) is 1. The lowest BCUT2D eigenvalue weighted by molar-refractivity contribution is 0.0693. The van der Waals surface area contributed by atoms with Gasteiger partial charge in [-0.3, -0.25) is 0 Å². The van der Waals surface area contributed by atoms with Gasteiger partial charge < -0.3 is 9.84 Å². The van der Waals surface area contributed by atoms with Crippen LogP contribution in [0, 0.1) is 0 Å². The second-order valence-electron chi connectivity index (χ2n) is 5.34. The Morgan fingerprint density at radius 3 is 2.73 bits per heavy atom. The van der Waals surface area contributed by atoms with Crippen molar-refractivity contribution in [2.75, 3.05) is 13.7 Å². The molecule has 0 spiro atoms. The molecule has 1 N–H and O–H groups in total. The third kappa shape index (κ3) is 3.10. The number of hydrogen-bond donors (Lipinski definition) is 1. The Balaban J connectivity index is 2.45. The molecule has 2 rings (SSSR count). The van der Waals surface area contributed by atoms with Crippen molar-refractivity contribution in [2.45, 2.75) is 43.5 Å². The molecule has 1 aliphatic rings. The Morgan fingerprint density at radius 1 is 1.41 bits per heavy atom. The van der Waals surface area contributed by atoms with E-state index in [2.05, 4.69) is 0 Å². The summed E-state index contributed by atoms with van der Waals surface area (Å²) in [7, 11) is -2.34. The highest BCUT2D eigenvalue weighted by molar-refractivity contribution is 7.89. The highest BCUT2D eigenvalue weighted by atomic mass is 32.2. The second-order valence-corrected chi connectivity index (χ2v) is 7.23. The fraction of sp³-hybridized carbons (Fsp3) is 0.533. The van der Waals surface area contributed by atoms with Crippen LogP contribution in [0.25, 0.3) is 0 Å². The molecule has 0 bridgehead atoms. The van der Waals surface area contributed by atoms with Gasteiger partial charge in [-0.1, -0.05) is 13.3 Å². The van der Waals surface area contributed by atoms with Gasteiger partial charge in [-0.25, -0.2) is 13.2 Å². The fourth-order valence-electron chi connectivity index (χ4n) is 2.85. The van der Waals surface area contributed by atoms with Crippen molar-refractivity contribution >= 4 is 16.0 Å². The van der Waals surface area contributed by atoms with E-state index >= 15 is 0 Å². The van der Waals surface area contributed by atoms with Gasteiger partial charge in [-0.2, -0.15) is 4.31 Å². The van der Waals surface area contributed by atoms with Gasteiger partial charge in [0.05, 0.1) is 12.0 Å². The van der Waals surface area contributed by atoms with Crippen molar-refractivity contribution in [1.82, 2.24) is 4.31 Å². The Bertz CT molecular complexity index is 656. The topological polar surface area (TPSA) is 83.9 Å². The predicted molar refractivity (Wildman–Crippen MR) is 81.8 cm³/mol. The second kappa shape index (κ2) is 6.66. The van der Waals surface area contributed by atoms with E-state index in [-0.39, 0.29) is 22.3 Å². The molecule has 1 unspecified atom stereocenters. The summed E-state index contributed by atoms with van der Waals surface area (Å²) in [6.45, 7) is 2.45. The van der Waals surface area contributed by atoms with Gasteiger partial charge in [0.2, 0.25) is 10.0 Å². The molecular formula is C15H21NO5S. The quantitative estimate of drug-likeness (QED) is 0.897. The summed E-state index contributed by atoms with van der Waals surface area (Å²) in [4.78, 5) is 11.3. The van der Waals surface area contributed by atoms with Gasteiger partial charge in [0.1, 0.15) is 11.3 Å². The van der Waals surface area contributed by atoms with Crippen molar-refractivity contribution in [1.29, 1.82) is 0 Å². The zero-order valence-corrected chi connectivity index (χ0v) is 13.6. The lowest BCUT2D eigenvalue weighted by atomic mass is 10.0. The fourth-order valence-corrected chi connectivity index (χ4v) is 4.64. The molecule has 1 atom stereocenters. The van der Waals surface area contributed by atoms with Gasteiger partial charge in [0, 0.05) is 12.6 Å². The Hall–Kier alpha value is -1.60. The zero-order chi connectivity index (χ0) is 16.3. The van der Waals surface area contributed by atoms with E-state index in [1.54, 1.807) is 0 Å². The van der Waals surface area contributed by atoms with Crippen LogP contribution in [0.15, 0.2) is 23.1 Å². The zero-order valence-electron chi connectivity index (χ0n) is 12.8. The van der Waals surface area contributed by atoms with Gasteiger partial charge >= 0.3 is 5.97 Å². The van der Waals surface area contributed by atoms with Crippen LogP contribution in [-0.4, -0.2) is 43.5 Å². The molecule has 6 nitrogen and oxygen atoms in total. The molecule has 0 amide bonds. The van der Waals surface area contributed by atoms with Crippen LogP contribution in [0.5, 0.6) is 5.75 Å². The number of methoxy groups -OCH3 is 1. The van der Waals surface area contributed by atoms with Crippen molar-refractivity contribution < 1.29 is 23.1 Å². The average molecular weight is 327 g/mol. The Kier molecular flexibility index (Phi) is 5.08. The highest BCUT2D eigenvalue weighted by Gasteiger charge is 2.33. The number of piperidine rings is 1. The predicted octanol–water partition coefficient (Wildman–Crippen LogP) is 2.35. The summed E-state index contributed by atoms with van der Waals surface area (Å²) in [6.07, 6.45) is 3.45. The molecule has 0 aliphatic carbocycles. The SMILES string of the molecule is CCC1CCCCN1S(=O)(=O)c1ccc(OC)c(C(=O)O)c1. The summed E-state index contributed by atoms with van der Waals surface area (Å²) in [5.74, 6) is -1.06. The summed E-state index contributed by atoms with van der Waals surface area (Å²) in [6, 6.07) is 3.95. The molecule has 0 saturated carbocycles. The van der Waals surface area contributed by atoms with Crippen LogP contribution in [0.2, 0.25) is 0 Å². The van der Waals surface area contributed by atoms with Gasteiger partial charge in [0.15, 0.2) is 0 Å². The molecule has 0 aromatic heterocycles. The van der Waals surface area contributed by atoms with Crippen molar-refractivity contribution in [3.8, 4) is 5.75 Å². The first-order valence-electron chi connectivity index (χ1n) is 7.35. The molecule has 0 radical (unpaired) electrons. The molecule has 1 fully saturated rings. The first-order valence-corrected chi connectivity index (χ1v) is 8.79. The number of rotatable bonds is 5. The molecule has 122 valence electrons. The molecule has 1 aliphatic heterocycles. The van der Waals surface area contributed by atoms with Crippen molar-refractivity contribution in [2.24, 2.45) is 0 Å². The van der Waals surface area contributed by atoms with Crippen molar-refractivity contribution in [3.05, 3.63) is 23.8 Å². The number of sulfonamides is 1. The summed E-state index contributed by atoms with van der Waals surface area (Å²) < 4.78 is 32.1. The summed E-state index contributed by atoms with van der Waals surface area (Å²) >= 11 is 0. The van der Waals surface area contributed by atoms with E-state index in [1.807, 2.05) is 6.92 Å². The number of ether oxygens (including phenoxy) is 1. The number of carboxylic acid groups (broad SMARTS) is 1. The molecule has 1 aromatic rings. The first-order chi connectivity index (χ1) is 10.4.